The number of rotatable bonds is 3. The van der Waals surface area contributed by atoms with Crippen LogP contribution in [0, 0.1) is 11.8 Å². The monoisotopic (exact) mass is 197 g/mol. The number of halogens is 1. The topological polar surface area (TPSA) is 55.7 Å². The van der Waals surface area contributed by atoms with Crippen molar-refractivity contribution in [3.8, 4) is 0 Å². The number of benzene rings is 1. The SMILES string of the molecule is Cc1cc(CN=O)cc(C(=O)OF)c1. The first-order chi connectivity index (χ1) is 6.67. The first-order valence-corrected chi connectivity index (χ1v) is 3.90. The van der Waals surface area contributed by atoms with E-state index in [2.05, 4.69) is 10.1 Å². The van der Waals surface area contributed by atoms with Gasteiger partial charge < -0.3 is 0 Å². The van der Waals surface area contributed by atoms with Gasteiger partial charge in [0.2, 0.25) is 0 Å². The summed E-state index contributed by atoms with van der Waals surface area (Å²) in [6.07, 6.45) is 0. The van der Waals surface area contributed by atoms with Gasteiger partial charge in [0, 0.05) is 4.53 Å². The van der Waals surface area contributed by atoms with Gasteiger partial charge in [0.1, 0.15) is 6.54 Å². The van der Waals surface area contributed by atoms with Crippen molar-refractivity contribution < 1.29 is 14.3 Å². The Labute approximate surface area is 79.6 Å². The fourth-order valence-corrected chi connectivity index (χ4v) is 1.19. The molecule has 0 bridgehead atoms. The number of carbonyl (C=O) groups excluding carboxylic acids is 1. The predicted molar refractivity (Wildman–Crippen MR) is 47.2 cm³/mol. The van der Waals surface area contributed by atoms with E-state index in [9.17, 15) is 14.2 Å². The average Bonchev–Trinajstić information content (AvgIpc) is 2.16. The standard InChI is InChI=1S/C9H8FNO3/c1-6-2-7(5-11-13)4-8(3-6)9(12)14-10/h2-4H,5H2,1H3. The molecule has 1 rings (SSSR count). The summed E-state index contributed by atoms with van der Waals surface area (Å²) in [5.41, 5.74) is 1.37. The maximum absolute atomic E-state index is 11.6. The van der Waals surface area contributed by atoms with E-state index < -0.39 is 5.97 Å². The van der Waals surface area contributed by atoms with E-state index in [-0.39, 0.29) is 12.1 Å². The molecular formula is C9H8FNO3. The van der Waals surface area contributed by atoms with Gasteiger partial charge in [-0.15, -0.1) is 0 Å². The van der Waals surface area contributed by atoms with Crippen LogP contribution in [-0.4, -0.2) is 5.97 Å². The molecule has 0 saturated heterocycles. The lowest BCUT2D eigenvalue weighted by Gasteiger charge is -2.01. The van der Waals surface area contributed by atoms with Crippen molar-refractivity contribution in [2.75, 3.05) is 0 Å². The molecule has 5 heteroatoms. The summed E-state index contributed by atoms with van der Waals surface area (Å²) < 4.78 is 11.6. The molecule has 0 saturated carbocycles. The Bertz CT molecular complexity index is 365. The summed E-state index contributed by atoms with van der Waals surface area (Å²) in [5, 5.41) is 2.68. The maximum atomic E-state index is 11.6. The van der Waals surface area contributed by atoms with Crippen LogP contribution in [-0.2, 0) is 11.5 Å². The molecule has 0 amide bonds. The molecular weight excluding hydrogens is 189 g/mol. The largest absolute Gasteiger partial charge is 0.379 e. The Hall–Kier alpha value is -1.78. The van der Waals surface area contributed by atoms with Crippen LogP contribution in [0.5, 0.6) is 0 Å². The Morgan fingerprint density at radius 3 is 2.79 bits per heavy atom. The summed E-state index contributed by atoms with van der Waals surface area (Å²) in [7, 11) is 0. The molecule has 0 aliphatic carbocycles. The Morgan fingerprint density at radius 2 is 2.21 bits per heavy atom. The van der Waals surface area contributed by atoms with Gasteiger partial charge >= 0.3 is 5.97 Å². The van der Waals surface area contributed by atoms with E-state index in [1.165, 1.54) is 12.1 Å². The zero-order valence-electron chi connectivity index (χ0n) is 7.49. The zero-order valence-corrected chi connectivity index (χ0v) is 7.49. The summed E-state index contributed by atoms with van der Waals surface area (Å²) in [5.74, 6) is -1.07. The second-order valence-corrected chi connectivity index (χ2v) is 2.86. The highest BCUT2D eigenvalue weighted by Gasteiger charge is 2.09. The second kappa shape index (κ2) is 4.45. The normalized spacial score (nSPS) is 9.57. The third-order valence-electron chi connectivity index (χ3n) is 1.69. The quantitative estimate of drug-likeness (QED) is 0.698. The van der Waals surface area contributed by atoms with E-state index in [1.807, 2.05) is 0 Å². The predicted octanol–water partition coefficient (Wildman–Crippen LogP) is 2.30. The van der Waals surface area contributed by atoms with Gasteiger partial charge in [0.15, 0.2) is 0 Å². The van der Waals surface area contributed by atoms with Crippen LogP contribution >= 0.6 is 0 Å². The lowest BCUT2D eigenvalue weighted by atomic mass is 10.1. The molecule has 0 aliphatic heterocycles. The number of carbonyl (C=O) groups is 1. The van der Waals surface area contributed by atoms with Crippen LogP contribution in [0.1, 0.15) is 21.5 Å². The van der Waals surface area contributed by atoms with Crippen molar-refractivity contribution in [2.24, 2.45) is 5.18 Å². The minimum Gasteiger partial charge on any atom is -0.249 e. The lowest BCUT2D eigenvalue weighted by molar-refractivity contribution is -0.0788. The minimum atomic E-state index is -1.07. The highest BCUT2D eigenvalue weighted by Crippen LogP contribution is 2.12. The minimum absolute atomic E-state index is 0.0474. The van der Waals surface area contributed by atoms with Crippen LogP contribution in [0.2, 0.25) is 0 Å². The van der Waals surface area contributed by atoms with E-state index in [0.717, 1.165) is 5.56 Å². The lowest BCUT2D eigenvalue weighted by Crippen LogP contribution is -2.00. The van der Waals surface area contributed by atoms with E-state index in [4.69, 9.17) is 0 Å². The van der Waals surface area contributed by atoms with Crippen LogP contribution in [0.3, 0.4) is 0 Å². The molecule has 0 radical (unpaired) electrons. The number of hydrogen-bond acceptors (Lipinski definition) is 4. The van der Waals surface area contributed by atoms with Crippen LogP contribution in [0.15, 0.2) is 23.4 Å². The highest BCUT2D eigenvalue weighted by atomic mass is 19.3. The fourth-order valence-electron chi connectivity index (χ4n) is 1.19. The van der Waals surface area contributed by atoms with Gasteiger partial charge in [-0.05, 0) is 30.2 Å². The molecule has 0 atom stereocenters. The van der Waals surface area contributed by atoms with Gasteiger partial charge in [0.05, 0.1) is 5.56 Å². The van der Waals surface area contributed by atoms with Gasteiger partial charge in [0.25, 0.3) is 0 Å². The molecule has 74 valence electrons. The molecule has 0 fully saturated rings. The maximum Gasteiger partial charge on any atom is 0.379 e. The molecule has 0 heterocycles. The Kier molecular flexibility index (Phi) is 3.28. The third kappa shape index (κ3) is 2.35. The number of aryl methyl sites for hydroxylation is 1. The smallest absolute Gasteiger partial charge is 0.249 e. The van der Waals surface area contributed by atoms with Crippen molar-refractivity contribution in [2.45, 2.75) is 13.5 Å². The molecule has 1 aromatic rings. The van der Waals surface area contributed by atoms with Crippen molar-refractivity contribution in [3.63, 3.8) is 0 Å². The van der Waals surface area contributed by atoms with Crippen molar-refractivity contribution >= 4 is 5.97 Å². The molecule has 0 unspecified atom stereocenters. The molecule has 4 nitrogen and oxygen atoms in total. The summed E-state index contributed by atoms with van der Waals surface area (Å²) >= 11 is 0. The summed E-state index contributed by atoms with van der Waals surface area (Å²) in [6.45, 7) is 1.68. The van der Waals surface area contributed by atoms with Gasteiger partial charge in [-0.3, -0.25) is 0 Å². The first-order valence-electron chi connectivity index (χ1n) is 3.90. The van der Waals surface area contributed by atoms with Crippen LogP contribution in [0.25, 0.3) is 0 Å². The van der Waals surface area contributed by atoms with Crippen LogP contribution < -0.4 is 0 Å². The number of nitrogens with zero attached hydrogens (tertiary/aromatic N) is 1. The molecule has 1 aromatic carbocycles. The average molecular weight is 197 g/mol. The first kappa shape index (κ1) is 10.3. The van der Waals surface area contributed by atoms with Crippen molar-refractivity contribution in [1.29, 1.82) is 0 Å². The van der Waals surface area contributed by atoms with Gasteiger partial charge in [-0.25, -0.2) is 9.74 Å². The van der Waals surface area contributed by atoms with E-state index in [0.29, 0.717) is 5.56 Å². The Morgan fingerprint density at radius 1 is 1.50 bits per heavy atom. The fraction of sp³-hybridized carbons (Fsp3) is 0.222. The number of hydrogen-bond donors (Lipinski definition) is 0. The van der Waals surface area contributed by atoms with Crippen LogP contribution in [0.4, 0.5) is 4.53 Å². The molecule has 14 heavy (non-hydrogen) atoms. The second-order valence-electron chi connectivity index (χ2n) is 2.86. The van der Waals surface area contributed by atoms with Crippen molar-refractivity contribution in [3.05, 3.63) is 39.8 Å². The zero-order chi connectivity index (χ0) is 10.6. The molecule has 0 spiro atoms. The van der Waals surface area contributed by atoms with E-state index in [1.54, 1.807) is 13.0 Å². The summed E-state index contributed by atoms with van der Waals surface area (Å²) in [6, 6.07) is 4.53. The van der Waals surface area contributed by atoms with Gasteiger partial charge in [-0.1, -0.05) is 11.2 Å². The highest BCUT2D eigenvalue weighted by molar-refractivity contribution is 5.89. The van der Waals surface area contributed by atoms with E-state index >= 15 is 0 Å². The Balaban J connectivity index is 3.06. The molecule has 0 aliphatic rings. The number of nitroso groups, excluding NO2 is 1. The molecule has 0 aromatic heterocycles. The summed E-state index contributed by atoms with van der Waals surface area (Å²) in [4.78, 5) is 23.9. The van der Waals surface area contributed by atoms with Crippen molar-refractivity contribution in [1.82, 2.24) is 0 Å². The van der Waals surface area contributed by atoms with Gasteiger partial charge in [-0.2, -0.15) is 4.91 Å². The third-order valence-corrected chi connectivity index (χ3v) is 1.69. The molecule has 0 N–H and O–H groups in total.